The monoisotopic (exact) mass is 484 g/mol. The summed E-state index contributed by atoms with van der Waals surface area (Å²) in [6.45, 7) is 1.43. The number of amides is 2. The molecule has 30 heavy (non-hydrogen) atoms. The number of likely N-dealkylation sites (tertiary alicyclic amines) is 1. The normalized spacial score (nSPS) is 17.1. The average molecular weight is 485 g/mol. The van der Waals surface area contributed by atoms with Crippen molar-refractivity contribution in [3.63, 3.8) is 0 Å². The number of benzene rings is 1. The smallest absolute Gasteiger partial charge is 1.00 e. The van der Waals surface area contributed by atoms with Gasteiger partial charge in [0, 0.05) is 35.5 Å². The number of rotatable bonds is 5. The molecule has 2 aromatic rings. The Bertz CT molecular complexity index is 989. The fourth-order valence-electron chi connectivity index (χ4n) is 3.35. The zero-order valence-electron chi connectivity index (χ0n) is 18.0. The van der Waals surface area contributed by atoms with Crippen LogP contribution in [-0.2, 0) is 17.3 Å². The van der Waals surface area contributed by atoms with Crippen molar-refractivity contribution in [1.29, 1.82) is 0 Å². The van der Waals surface area contributed by atoms with Crippen LogP contribution in [0, 0.1) is 0 Å². The number of halogens is 2. The van der Waals surface area contributed by atoms with Gasteiger partial charge in [-0.25, -0.2) is 13.8 Å². The van der Waals surface area contributed by atoms with E-state index in [0.717, 1.165) is 13.0 Å². The summed E-state index contributed by atoms with van der Waals surface area (Å²) in [5.41, 5.74) is 0.666. The number of anilines is 2. The number of piperidine rings is 1. The molecule has 2 heterocycles. The van der Waals surface area contributed by atoms with E-state index in [2.05, 4.69) is 20.0 Å². The molecule has 1 aliphatic rings. The van der Waals surface area contributed by atoms with Crippen LogP contribution in [0.2, 0.25) is 10.0 Å². The number of hydrogen-bond acceptors (Lipinski definition) is 5. The zero-order chi connectivity index (χ0) is 21.2. The van der Waals surface area contributed by atoms with E-state index >= 15 is 0 Å². The molecule has 0 aliphatic carbocycles. The van der Waals surface area contributed by atoms with Crippen LogP contribution in [-0.4, -0.2) is 55.3 Å². The van der Waals surface area contributed by atoms with Crippen molar-refractivity contribution in [2.24, 2.45) is 7.05 Å². The van der Waals surface area contributed by atoms with E-state index in [4.69, 9.17) is 23.2 Å². The molecule has 1 saturated heterocycles. The minimum atomic E-state index is -4.20. The van der Waals surface area contributed by atoms with Gasteiger partial charge >= 0.3 is 45.8 Å². The van der Waals surface area contributed by atoms with Crippen LogP contribution >= 0.6 is 23.2 Å². The number of likely N-dealkylation sites (N-methyl/N-ethyl adjacent to an activating group) is 1. The van der Waals surface area contributed by atoms with Gasteiger partial charge in [0.25, 0.3) is 0 Å². The summed E-state index contributed by atoms with van der Waals surface area (Å²) in [7, 11) is -0.567. The minimum Gasteiger partial charge on any atom is -1.00 e. The maximum Gasteiger partial charge on any atom is 1.00 e. The van der Waals surface area contributed by atoms with Gasteiger partial charge in [-0.15, -0.1) is 0 Å². The number of urea groups is 1. The van der Waals surface area contributed by atoms with Gasteiger partial charge in [0.05, 0.1) is 17.9 Å². The van der Waals surface area contributed by atoms with Crippen molar-refractivity contribution in [3.8, 4) is 0 Å². The number of carbonyl (C=O) groups is 1. The Labute approximate surface area is 209 Å². The Hall–Kier alpha value is -1.01. The van der Waals surface area contributed by atoms with Crippen LogP contribution in [0.4, 0.5) is 16.2 Å². The third-order valence-electron chi connectivity index (χ3n) is 4.48. The molecule has 1 atom stereocenters. The van der Waals surface area contributed by atoms with Crippen molar-refractivity contribution in [2.45, 2.75) is 18.9 Å². The second-order valence-electron chi connectivity index (χ2n) is 6.95. The number of nitrogens with zero attached hydrogens (tertiary/aromatic N) is 4. The van der Waals surface area contributed by atoms with Crippen molar-refractivity contribution in [1.82, 2.24) is 19.4 Å². The number of aryl methyl sites for hydroxylation is 1. The van der Waals surface area contributed by atoms with Crippen LogP contribution in [0.15, 0.2) is 30.6 Å². The van der Waals surface area contributed by atoms with Gasteiger partial charge in [-0.2, -0.15) is 13.5 Å². The van der Waals surface area contributed by atoms with Gasteiger partial charge in [0.1, 0.15) is 0 Å². The molecule has 1 fully saturated rings. The Morgan fingerprint density at radius 2 is 1.93 bits per heavy atom. The molecule has 2 N–H and O–H groups in total. The quantitative estimate of drug-likeness (QED) is 0.573. The molecule has 3 rings (SSSR count). The second-order valence-corrected chi connectivity index (χ2v) is 9.37. The SMILES string of the molecule is CN1CCCC(N(c2cnn(C)c2)S(=O)(=O)NC(=O)Nc2cc(Cl)cc(Cl)c2)C1.[H-].[Na+]. The summed E-state index contributed by atoms with van der Waals surface area (Å²) in [5, 5.41) is 7.15. The molecule has 1 aliphatic heterocycles. The summed E-state index contributed by atoms with van der Waals surface area (Å²) in [6.07, 6.45) is 4.58. The topological polar surface area (TPSA) is 99.6 Å². The molecule has 160 valence electrons. The molecule has 1 unspecified atom stereocenters. The number of aromatic nitrogens is 2. The van der Waals surface area contributed by atoms with Crippen molar-refractivity contribution in [3.05, 3.63) is 40.6 Å². The van der Waals surface area contributed by atoms with Gasteiger partial charge in [0.15, 0.2) is 0 Å². The maximum absolute atomic E-state index is 13.1. The molecular formula is C17H23Cl2N6NaO3S. The number of carbonyl (C=O) groups excluding carboxylic acids is 1. The predicted molar refractivity (Wildman–Crippen MR) is 115 cm³/mol. The molecule has 13 heteroatoms. The second kappa shape index (κ2) is 10.5. The van der Waals surface area contributed by atoms with Crippen LogP contribution in [0.25, 0.3) is 0 Å². The molecular weight excluding hydrogens is 462 g/mol. The Kier molecular flexibility index (Phi) is 8.87. The summed E-state index contributed by atoms with van der Waals surface area (Å²) in [5.74, 6) is 0. The summed E-state index contributed by atoms with van der Waals surface area (Å²) >= 11 is 11.8. The van der Waals surface area contributed by atoms with Crippen molar-refractivity contribution >= 4 is 50.8 Å². The first-order valence-corrected chi connectivity index (χ1v) is 11.1. The summed E-state index contributed by atoms with van der Waals surface area (Å²) in [4.78, 5) is 14.4. The Morgan fingerprint density at radius 3 is 2.50 bits per heavy atom. The zero-order valence-corrected chi connectivity index (χ0v) is 21.3. The molecule has 2 amide bonds. The Balaban J connectivity index is 0.00000240. The average Bonchev–Trinajstić information content (AvgIpc) is 2.98. The molecule has 0 radical (unpaired) electrons. The van der Waals surface area contributed by atoms with E-state index in [-0.39, 0.29) is 42.7 Å². The van der Waals surface area contributed by atoms with Gasteiger partial charge < -0.3 is 11.6 Å². The first-order valence-electron chi connectivity index (χ1n) is 8.90. The van der Waals surface area contributed by atoms with Crippen molar-refractivity contribution < 1.29 is 44.2 Å². The standard InChI is InChI=1S/C17H22Cl2N6O3S.Na.H/c1-23-5-3-4-15(10-23)25(16-9-20-24(2)11-16)29(27,28)22-17(26)21-14-7-12(18)6-13(19)8-14;;/h6-9,11,15H,3-5,10H2,1-2H3,(H2,21,22,26);;/q;+1;-1. The maximum atomic E-state index is 13.1. The number of hydrogen-bond donors (Lipinski definition) is 2. The summed E-state index contributed by atoms with van der Waals surface area (Å²) < 4.78 is 31.1. The largest absolute Gasteiger partial charge is 1.00 e. The predicted octanol–water partition coefficient (Wildman–Crippen LogP) is -0.189. The van der Waals surface area contributed by atoms with E-state index < -0.39 is 16.2 Å². The van der Waals surface area contributed by atoms with Crippen LogP contribution in [0.5, 0.6) is 0 Å². The van der Waals surface area contributed by atoms with E-state index in [1.165, 1.54) is 33.4 Å². The van der Waals surface area contributed by atoms with Gasteiger partial charge in [-0.3, -0.25) is 4.68 Å². The molecule has 0 spiro atoms. The third-order valence-corrected chi connectivity index (χ3v) is 6.38. The fourth-order valence-corrected chi connectivity index (χ4v) is 5.19. The van der Waals surface area contributed by atoms with Crippen molar-refractivity contribution in [2.75, 3.05) is 29.8 Å². The minimum absolute atomic E-state index is 0. The number of nitrogens with one attached hydrogen (secondary N) is 2. The van der Waals surface area contributed by atoms with E-state index in [1.54, 1.807) is 13.2 Å². The molecule has 0 bridgehead atoms. The van der Waals surface area contributed by atoms with Crippen LogP contribution < -0.4 is 43.9 Å². The van der Waals surface area contributed by atoms with Gasteiger partial charge in [-0.1, -0.05) is 23.2 Å². The first-order chi connectivity index (χ1) is 13.6. The molecule has 1 aromatic carbocycles. The van der Waals surface area contributed by atoms with E-state index in [1.807, 2.05) is 7.05 Å². The molecule has 1 aromatic heterocycles. The third kappa shape index (κ3) is 6.49. The Morgan fingerprint density at radius 1 is 1.27 bits per heavy atom. The fraction of sp³-hybridized carbons (Fsp3) is 0.412. The van der Waals surface area contributed by atoms with Crippen LogP contribution in [0.1, 0.15) is 14.3 Å². The van der Waals surface area contributed by atoms with E-state index in [9.17, 15) is 13.2 Å². The van der Waals surface area contributed by atoms with Gasteiger partial charge in [-0.05, 0) is 44.6 Å². The van der Waals surface area contributed by atoms with Crippen LogP contribution in [0.3, 0.4) is 0 Å². The van der Waals surface area contributed by atoms with E-state index in [0.29, 0.717) is 28.7 Å². The summed E-state index contributed by atoms with van der Waals surface area (Å²) in [6, 6.07) is 3.20. The molecule has 0 saturated carbocycles. The molecule has 9 nitrogen and oxygen atoms in total. The first kappa shape index (κ1) is 25.3. The van der Waals surface area contributed by atoms with Gasteiger partial charge in [0.2, 0.25) is 0 Å².